The van der Waals surface area contributed by atoms with E-state index >= 15 is 0 Å². The Labute approximate surface area is 95.2 Å². The topological polar surface area (TPSA) is 35.2 Å². The minimum absolute atomic E-state index is 0.141. The molecule has 2 atom stereocenters. The quantitative estimate of drug-likeness (QED) is 0.848. The van der Waals surface area contributed by atoms with Gasteiger partial charge >= 0.3 is 0 Å². The monoisotopic (exact) mass is 223 g/mol. The van der Waals surface area contributed by atoms with Crippen molar-refractivity contribution in [3.05, 3.63) is 29.8 Å². The van der Waals surface area contributed by atoms with E-state index in [4.69, 9.17) is 10.5 Å². The Hall–Kier alpha value is -0.510. The van der Waals surface area contributed by atoms with Crippen LogP contribution < -0.4 is 5.73 Å². The Morgan fingerprint density at radius 1 is 1.53 bits per heavy atom. The predicted molar refractivity (Wildman–Crippen MR) is 64.3 cm³/mol. The minimum atomic E-state index is 0.141. The van der Waals surface area contributed by atoms with Gasteiger partial charge in [0.1, 0.15) is 0 Å². The van der Waals surface area contributed by atoms with Crippen LogP contribution in [0.1, 0.15) is 12.5 Å². The molecule has 2 N–H and O–H groups in total. The summed E-state index contributed by atoms with van der Waals surface area (Å²) in [6, 6.07) is 8.68. The molecular weight excluding hydrogens is 206 g/mol. The molecule has 1 aromatic rings. The van der Waals surface area contributed by atoms with Crippen molar-refractivity contribution in [3.63, 3.8) is 0 Å². The van der Waals surface area contributed by atoms with Crippen molar-refractivity contribution in [2.75, 3.05) is 13.2 Å². The van der Waals surface area contributed by atoms with Crippen molar-refractivity contribution in [3.8, 4) is 0 Å². The highest BCUT2D eigenvalue weighted by molar-refractivity contribution is 8.00. The van der Waals surface area contributed by atoms with Crippen LogP contribution in [0, 0.1) is 0 Å². The van der Waals surface area contributed by atoms with Crippen LogP contribution in [-0.4, -0.2) is 24.5 Å². The van der Waals surface area contributed by atoms with E-state index < -0.39 is 0 Å². The fraction of sp³-hybridized carbons (Fsp3) is 0.500. The molecule has 1 heterocycles. The van der Waals surface area contributed by atoms with E-state index in [1.165, 1.54) is 10.5 Å². The molecule has 0 aromatic heterocycles. The third kappa shape index (κ3) is 2.54. The Kier molecular flexibility index (Phi) is 3.67. The summed E-state index contributed by atoms with van der Waals surface area (Å²) in [4.78, 5) is 1.38. The lowest BCUT2D eigenvalue weighted by Crippen LogP contribution is -2.36. The Morgan fingerprint density at radius 3 is 3.07 bits per heavy atom. The van der Waals surface area contributed by atoms with Crippen molar-refractivity contribution in [2.45, 2.75) is 29.5 Å². The molecule has 15 heavy (non-hydrogen) atoms. The third-order valence-electron chi connectivity index (χ3n) is 2.66. The normalized spacial score (nSPS) is 21.3. The summed E-state index contributed by atoms with van der Waals surface area (Å²) >= 11 is 1.89. The zero-order chi connectivity index (χ0) is 10.7. The largest absolute Gasteiger partial charge is 0.380 e. The average Bonchev–Trinajstić information content (AvgIpc) is 2.69. The number of rotatable bonds is 4. The number of thioether (sulfide) groups is 1. The molecule has 2 rings (SSSR count). The lowest BCUT2D eigenvalue weighted by molar-refractivity contribution is 0.132. The number of nitrogens with two attached hydrogens (primary N) is 1. The van der Waals surface area contributed by atoms with Gasteiger partial charge in [0.15, 0.2) is 0 Å². The van der Waals surface area contributed by atoms with Crippen LogP contribution in [0.2, 0.25) is 0 Å². The van der Waals surface area contributed by atoms with Gasteiger partial charge in [0.2, 0.25) is 0 Å². The molecule has 1 aromatic carbocycles. The third-order valence-corrected chi connectivity index (χ3v) is 4.14. The first-order chi connectivity index (χ1) is 7.31. The van der Waals surface area contributed by atoms with Gasteiger partial charge in [-0.15, -0.1) is 11.8 Å². The number of benzene rings is 1. The Morgan fingerprint density at radius 2 is 2.33 bits per heavy atom. The number of hydrogen-bond acceptors (Lipinski definition) is 3. The molecule has 0 saturated carbocycles. The molecule has 1 aliphatic heterocycles. The van der Waals surface area contributed by atoms with Gasteiger partial charge < -0.3 is 10.5 Å². The molecule has 3 heteroatoms. The first kappa shape index (κ1) is 11.0. The first-order valence-electron chi connectivity index (χ1n) is 5.39. The zero-order valence-corrected chi connectivity index (χ0v) is 9.80. The summed E-state index contributed by atoms with van der Waals surface area (Å²) < 4.78 is 5.37. The maximum Gasteiger partial charge on any atom is 0.0628 e. The number of fused-ring (bicyclic) bond motifs is 1. The highest BCUT2D eigenvalue weighted by atomic mass is 32.2. The van der Waals surface area contributed by atoms with Gasteiger partial charge in [0.25, 0.3) is 0 Å². The smallest absolute Gasteiger partial charge is 0.0628 e. The van der Waals surface area contributed by atoms with Gasteiger partial charge in [0, 0.05) is 22.8 Å². The van der Waals surface area contributed by atoms with Crippen LogP contribution in [0.5, 0.6) is 0 Å². The van der Waals surface area contributed by atoms with Crippen LogP contribution in [0.4, 0.5) is 0 Å². The lowest BCUT2D eigenvalue weighted by Gasteiger charge is -2.17. The molecule has 0 aliphatic carbocycles. The summed E-state index contributed by atoms with van der Waals surface area (Å²) in [5.41, 5.74) is 7.53. The SMILES string of the molecule is CCOCC(N)C1Cc2ccccc2S1. The molecule has 2 nitrogen and oxygen atoms in total. The maximum absolute atomic E-state index is 6.10. The maximum atomic E-state index is 6.10. The van der Waals surface area contributed by atoms with Crippen molar-refractivity contribution in [1.82, 2.24) is 0 Å². The summed E-state index contributed by atoms with van der Waals surface area (Å²) in [5, 5.41) is 0.481. The molecule has 1 aliphatic rings. The minimum Gasteiger partial charge on any atom is -0.380 e. The second kappa shape index (κ2) is 5.01. The number of ether oxygens (including phenoxy) is 1. The molecule has 0 fully saturated rings. The van der Waals surface area contributed by atoms with E-state index in [-0.39, 0.29) is 6.04 Å². The summed E-state index contributed by atoms with van der Waals surface area (Å²) in [6.07, 6.45) is 1.08. The van der Waals surface area contributed by atoms with Crippen LogP contribution in [0.3, 0.4) is 0 Å². The van der Waals surface area contributed by atoms with Crippen LogP contribution in [0.25, 0.3) is 0 Å². The average molecular weight is 223 g/mol. The molecule has 0 radical (unpaired) electrons. The van der Waals surface area contributed by atoms with E-state index in [1.807, 2.05) is 18.7 Å². The van der Waals surface area contributed by atoms with Crippen molar-refractivity contribution >= 4 is 11.8 Å². The van der Waals surface area contributed by atoms with Gasteiger partial charge in [-0.05, 0) is 25.0 Å². The van der Waals surface area contributed by atoms with Crippen molar-refractivity contribution < 1.29 is 4.74 Å². The van der Waals surface area contributed by atoms with E-state index in [9.17, 15) is 0 Å². The highest BCUT2D eigenvalue weighted by Crippen LogP contribution is 2.37. The molecule has 2 unspecified atom stereocenters. The first-order valence-corrected chi connectivity index (χ1v) is 6.27. The Bertz CT molecular complexity index is 304. The van der Waals surface area contributed by atoms with Gasteiger partial charge in [-0.25, -0.2) is 0 Å². The van der Waals surface area contributed by atoms with Crippen LogP contribution >= 0.6 is 11.8 Å². The van der Waals surface area contributed by atoms with Crippen molar-refractivity contribution in [1.29, 1.82) is 0 Å². The molecular formula is C12H17NOS. The van der Waals surface area contributed by atoms with Gasteiger partial charge in [-0.3, -0.25) is 0 Å². The second-order valence-electron chi connectivity index (χ2n) is 3.79. The standard InChI is InChI=1S/C12H17NOS/c1-2-14-8-10(13)12-7-9-5-3-4-6-11(9)15-12/h3-6,10,12H,2,7-8,13H2,1H3. The molecule has 0 bridgehead atoms. The van der Waals surface area contributed by atoms with Crippen molar-refractivity contribution in [2.24, 2.45) is 5.73 Å². The van der Waals surface area contributed by atoms with E-state index in [1.54, 1.807) is 0 Å². The molecule has 0 amide bonds. The summed E-state index contributed by atoms with van der Waals surface area (Å²) in [5.74, 6) is 0. The van der Waals surface area contributed by atoms with E-state index in [0.717, 1.165) is 13.0 Å². The predicted octanol–water partition coefficient (Wildman–Crippen LogP) is 2.07. The van der Waals surface area contributed by atoms with E-state index in [0.29, 0.717) is 11.9 Å². The second-order valence-corrected chi connectivity index (χ2v) is 5.07. The van der Waals surface area contributed by atoms with Crippen LogP contribution in [-0.2, 0) is 11.2 Å². The lowest BCUT2D eigenvalue weighted by atomic mass is 10.1. The van der Waals surface area contributed by atoms with Crippen LogP contribution in [0.15, 0.2) is 29.2 Å². The number of hydrogen-bond donors (Lipinski definition) is 1. The van der Waals surface area contributed by atoms with Gasteiger partial charge in [0.05, 0.1) is 6.61 Å². The summed E-state index contributed by atoms with van der Waals surface area (Å²) in [7, 11) is 0. The molecule has 0 spiro atoms. The summed E-state index contributed by atoms with van der Waals surface area (Å²) in [6.45, 7) is 3.42. The molecule has 0 saturated heterocycles. The molecule has 82 valence electrons. The van der Waals surface area contributed by atoms with E-state index in [2.05, 4.69) is 24.3 Å². The fourth-order valence-corrected chi connectivity index (χ4v) is 3.11. The Balaban J connectivity index is 1.94. The highest BCUT2D eigenvalue weighted by Gasteiger charge is 2.26. The van der Waals surface area contributed by atoms with Gasteiger partial charge in [-0.2, -0.15) is 0 Å². The fourth-order valence-electron chi connectivity index (χ4n) is 1.81. The zero-order valence-electron chi connectivity index (χ0n) is 8.98. The van der Waals surface area contributed by atoms with Gasteiger partial charge in [-0.1, -0.05) is 18.2 Å².